The number of rotatable bonds is 4. The van der Waals surface area contributed by atoms with Crippen LogP contribution in [0.4, 0.5) is 10.5 Å². The maximum Gasteiger partial charge on any atom is 0.322 e. The maximum absolute atomic E-state index is 13.2. The Morgan fingerprint density at radius 2 is 1.91 bits per heavy atom. The predicted octanol–water partition coefficient (Wildman–Crippen LogP) is 4.25. The molecule has 2 amide bonds. The first kappa shape index (κ1) is 23.1. The Bertz CT molecular complexity index is 1160. The SMILES string of the molecule is N#C/N=C(/NCc1cccnc1)N1CCN(C(=O)Nc2ccc(Cl)cc2)C(c2ccccc2)C1. The number of nitrogens with one attached hydrogen (secondary N) is 2. The summed E-state index contributed by atoms with van der Waals surface area (Å²) in [6.07, 6.45) is 5.37. The van der Waals surface area contributed by atoms with Crippen LogP contribution in [0.25, 0.3) is 0 Å². The van der Waals surface area contributed by atoms with Gasteiger partial charge in [-0.2, -0.15) is 5.26 Å². The molecule has 172 valence electrons. The smallest absolute Gasteiger partial charge is 0.322 e. The van der Waals surface area contributed by atoms with Gasteiger partial charge in [0.25, 0.3) is 0 Å². The average Bonchev–Trinajstić information content (AvgIpc) is 2.88. The highest BCUT2D eigenvalue weighted by atomic mass is 35.5. The zero-order chi connectivity index (χ0) is 23.8. The van der Waals surface area contributed by atoms with Crippen LogP contribution >= 0.6 is 11.6 Å². The fraction of sp³-hybridized carbons (Fsp3) is 0.200. The Labute approximate surface area is 203 Å². The van der Waals surface area contributed by atoms with E-state index in [-0.39, 0.29) is 12.1 Å². The molecule has 1 unspecified atom stereocenters. The number of nitriles is 1. The van der Waals surface area contributed by atoms with Gasteiger partial charge in [0, 0.05) is 49.3 Å². The number of hydrogen-bond acceptors (Lipinski definition) is 4. The third-order valence-corrected chi connectivity index (χ3v) is 5.80. The van der Waals surface area contributed by atoms with Crippen LogP contribution in [-0.2, 0) is 6.54 Å². The summed E-state index contributed by atoms with van der Waals surface area (Å²) in [5.74, 6) is 0.477. The third kappa shape index (κ3) is 5.82. The van der Waals surface area contributed by atoms with Crippen LogP contribution < -0.4 is 10.6 Å². The van der Waals surface area contributed by atoms with Crippen LogP contribution in [0.3, 0.4) is 0 Å². The number of nitrogens with zero attached hydrogens (tertiary/aromatic N) is 5. The third-order valence-electron chi connectivity index (χ3n) is 5.55. The molecule has 0 aliphatic carbocycles. The van der Waals surface area contributed by atoms with E-state index in [1.165, 1.54) is 0 Å². The Balaban J connectivity index is 1.52. The molecule has 1 aromatic heterocycles. The van der Waals surface area contributed by atoms with Crippen LogP contribution in [0.2, 0.25) is 5.02 Å². The number of pyridine rings is 1. The molecule has 2 N–H and O–H groups in total. The minimum atomic E-state index is -0.230. The van der Waals surface area contributed by atoms with E-state index in [1.54, 1.807) is 36.7 Å². The minimum Gasteiger partial charge on any atom is -0.351 e. The highest BCUT2D eigenvalue weighted by Gasteiger charge is 2.33. The van der Waals surface area contributed by atoms with Crippen molar-refractivity contribution in [1.82, 2.24) is 20.1 Å². The lowest BCUT2D eigenvalue weighted by Gasteiger charge is -2.42. The Kier molecular flexibility index (Phi) is 7.58. The fourth-order valence-electron chi connectivity index (χ4n) is 3.86. The van der Waals surface area contributed by atoms with Gasteiger partial charge in [-0.25, -0.2) is 4.79 Å². The van der Waals surface area contributed by atoms with Crippen molar-refractivity contribution in [2.45, 2.75) is 12.6 Å². The number of guanidine groups is 1. The van der Waals surface area contributed by atoms with E-state index < -0.39 is 0 Å². The van der Waals surface area contributed by atoms with E-state index in [9.17, 15) is 10.1 Å². The molecule has 4 rings (SSSR count). The van der Waals surface area contributed by atoms with E-state index in [1.807, 2.05) is 58.5 Å². The molecule has 0 spiro atoms. The largest absolute Gasteiger partial charge is 0.351 e. The standard InChI is InChI=1S/C25H24ClN7O/c26-21-8-10-22(11-9-21)31-25(34)33-14-13-32(17-23(33)20-6-2-1-3-7-20)24(30-18-27)29-16-19-5-4-12-28-15-19/h1-12,15,23H,13-14,16-17H2,(H,29,30)(H,31,34). The van der Waals surface area contributed by atoms with Crippen molar-refractivity contribution >= 4 is 29.3 Å². The van der Waals surface area contributed by atoms with Gasteiger partial charge in [-0.1, -0.05) is 48.0 Å². The average molecular weight is 474 g/mol. The monoisotopic (exact) mass is 473 g/mol. The number of carbonyl (C=O) groups is 1. The predicted molar refractivity (Wildman–Crippen MR) is 132 cm³/mol. The van der Waals surface area contributed by atoms with Crippen LogP contribution in [-0.4, -0.2) is 46.4 Å². The molecule has 8 nitrogen and oxygen atoms in total. The van der Waals surface area contributed by atoms with Crippen LogP contribution in [0.1, 0.15) is 17.2 Å². The van der Waals surface area contributed by atoms with Gasteiger partial charge in [0.15, 0.2) is 0 Å². The van der Waals surface area contributed by atoms with E-state index in [4.69, 9.17) is 11.6 Å². The molecule has 0 bridgehead atoms. The second-order valence-corrected chi connectivity index (χ2v) is 8.19. The summed E-state index contributed by atoms with van der Waals surface area (Å²) in [5.41, 5.74) is 2.66. The second kappa shape index (κ2) is 11.2. The number of amides is 2. The van der Waals surface area contributed by atoms with Crippen molar-refractivity contribution in [3.63, 3.8) is 0 Å². The Morgan fingerprint density at radius 3 is 2.62 bits per heavy atom. The summed E-state index contributed by atoms with van der Waals surface area (Å²) in [6.45, 7) is 1.95. The highest BCUT2D eigenvalue weighted by Crippen LogP contribution is 2.27. The molecule has 1 aliphatic heterocycles. The maximum atomic E-state index is 13.2. The lowest BCUT2D eigenvalue weighted by atomic mass is 10.0. The zero-order valence-electron chi connectivity index (χ0n) is 18.4. The number of aliphatic imine (C=N–C) groups is 1. The lowest BCUT2D eigenvalue weighted by molar-refractivity contribution is 0.134. The molecule has 1 aliphatic rings. The van der Waals surface area contributed by atoms with Crippen molar-refractivity contribution in [2.75, 3.05) is 25.0 Å². The van der Waals surface area contributed by atoms with Crippen LogP contribution in [0.15, 0.2) is 84.1 Å². The van der Waals surface area contributed by atoms with Crippen LogP contribution in [0.5, 0.6) is 0 Å². The number of urea groups is 1. The number of piperazine rings is 1. The van der Waals surface area contributed by atoms with Gasteiger partial charge < -0.3 is 20.4 Å². The van der Waals surface area contributed by atoms with E-state index >= 15 is 0 Å². The number of anilines is 1. The topological polar surface area (TPSA) is 96.7 Å². The molecule has 1 saturated heterocycles. The summed E-state index contributed by atoms with van der Waals surface area (Å²) in [7, 11) is 0. The summed E-state index contributed by atoms with van der Waals surface area (Å²) in [4.78, 5) is 25.2. The number of halogens is 1. The molecule has 3 aromatic rings. The second-order valence-electron chi connectivity index (χ2n) is 7.75. The first-order valence-corrected chi connectivity index (χ1v) is 11.2. The first-order chi connectivity index (χ1) is 16.6. The molecular formula is C25H24ClN7O. The molecular weight excluding hydrogens is 450 g/mol. The summed E-state index contributed by atoms with van der Waals surface area (Å²) < 4.78 is 0. The van der Waals surface area contributed by atoms with Gasteiger partial charge in [-0.05, 0) is 41.5 Å². The molecule has 34 heavy (non-hydrogen) atoms. The van der Waals surface area contributed by atoms with Gasteiger partial charge >= 0.3 is 6.03 Å². The zero-order valence-corrected chi connectivity index (χ0v) is 19.2. The Morgan fingerprint density at radius 1 is 1.12 bits per heavy atom. The van der Waals surface area contributed by atoms with E-state index in [0.717, 1.165) is 11.1 Å². The van der Waals surface area contributed by atoms with Crippen LogP contribution in [0, 0.1) is 11.5 Å². The lowest BCUT2D eigenvalue weighted by Crippen LogP contribution is -2.55. The Hall–Kier alpha value is -4.09. The summed E-state index contributed by atoms with van der Waals surface area (Å²) in [5, 5.41) is 16.1. The van der Waals surface area contributed by atoms with E-state index in [2.05, 4.69) is 20.6 Å². The minimum absolute atomic E-state index is 0.196. The number of hydrogen-bond donors (Lipinski definition) is 2. The van der Waals surface area contributed by atoms with Gasteiger partial charge in [0.1, 0.15) is 0 Å². The first-order valence-electron chi connectivity index (χ1n) is 10.9. The number of aromatic nitrogens is 1. The van der Waals surface area contributed by atoms with Gasteiger partial charge in [0.2, 0.25) is 12.2 Å². The molecule has 0 saturated carbocycles. The van der Waals surface area contributed by atoms with E-state index in [0.29, 0.717) is 42.8 Å². The number of benzene rings is 2. The summed E-state index contributed by atoms with van der Waals surface area (Å²) >= 11 is 5.96. The number of carbonyl (C=O) groups excluding carboxylic acids is 1. The molecule has 1 fully saturated rings. The van der Waals surface area contributed by atoms with Crippen molar-refractivity contribution < 1.29 is 4.79 Å². The molecule has 0 radical (unpaired) electrons. The summed E-state index contributed by atoms with van der Waals surface area (Å²) in [6, 6.07) is 20.3. The normalized spacial score (nSPS) is 16.0. The van der Waals surface area contributed by atoms with Crippen molar-refractivity contribution in [1.29, 1.82) is 5.26 Å². The molecule has 1 atom stereocenters. The van der Waals surface area contributed by atoms with Gasteiger partial charge in [-0.15, -0.1) is 4.99 Å². The molecule has 2 aromatic carbocycles. The van der Waals surface area contributed by atoms with Crippen molar-refractivity contribution in [2.24, 2.45) is 4.99 Å². The van der Waals surface area contributed by atoms with Gasteiger partial charge in [0.05, 0.1) is 6.04 Å². The quantitative estimate of drug-likeness (QED) is 0.335. The molecule has 9 heteroatoms. The van der Waals surface area contributed by atoms with Crippen molar-refractivity contribution in [3.8, 4) is 6.19 Å². The van der Waals surface area contributed by atoms with Gasteiger partial charge in [-0.3, -0.25) is 4.98 Å². The fourth-order valence-corrected chi connectivity index (χ4v) is 3.99. The molecule has 2 heterocycles. The van der Waals surface area contributed by atoms with Crippen molar-refractivity contribution in [3.05, 3.63) is 95.3 Å². The highest BCUT2D eigenvalue weighted by molar-refractivity contribution is 6.30.